The van der Waals surface area contributed by atoms with Gasteiger partial charge in [0.1, 0.15) is 5.75 Å². The SMILES string of the molecule is COc1ccc(Br)c(Cl)c1C=NNC(N)=S. The molecule has 86 valence electrons. The van der Waals surface area contributed by atoms with E-state index < -0.39 is 0 Å². The molecular formula is C9H9BrClN3OS. The average molecular weight is 323 g/mol. The van der Waals surface area contributed by atoms with Crippen LogP contribution in [0, 0.1) is 0 Å². The van der Waals surface area contributed by atoms with E-state index in [0.29, 0.717) is 16.3 Å². The maximum absolute atomic E-state index is 6.08. The molecule has 0 saturated heterocycles. The number of hydrazone groups is 1. The molecule has 1 aromatic carbocycles. The molecule has 0 spiro atoms. The topological polar surface area (TPSA) is 59.6 Å². The normalized spacial score (nSPS) is 10.4. The third kappa shape index (κ3) is 3.33. The lowest BCUT2D eigenvalue weighted by Gasteiger charge is -2.07. The Kier molecular flexibility index (Phi) is 4.98. The van der Waals surface area contributed by atoms with Crippen LogP contribution in [-0.2, 0) is 0 Å². The first-order valence-electron chi connectivity index (χ1n) is 4.16. The molecule has 0 bridgehead atoms. The van der Waals surface area contributed by atoms with E-state index in [1.165, 1.54) is 6.21 Å². The summed E-state index contributed by atoms with van der Waals surface area (Å²) in [6.07, 6.45) is 1.49. The summed E-state index contributed by atoms with van der Waals surface area (Å²) in [6, 6.07) is 3.57. The summed E-state index contributed by atoms with van der Waals surface area (Å²) in [6.45, 7) is 0. The summed E-state index contributed by atoms with van der Waals surface area (Å²) >= 11 is 14.0. The Morgan fingerprint density at radius 3 is 2.94 bits per heavy atom. The molecule has 16 heavy (non-hydrogen) atoms. The van der Waals surface area contributed by atoms with Crippen LogP contribution in [0.15, 0.2) is 21.7 Å². The second-order valence-corrected chi connectivity index (χ2v) is 4.38. The summed E-state index contributed by atoms with van der Waals surface area (Å²) in [5.74, 6) is 0.613. The molecule has 0 aliphatic heterocycles. The third-order valence-corrected chi connectivity index (χ3v) is 3.07. The van der Waals surface area contributed by atoms with Crippen LogP contribution in [-0.4, -0.2) is 18.4 Å². The van der Waals surface area contributed by atoms with E-state index in [4.69, 9.17) is 22.1 Å². The van der Waals surface area contributed by atoms with Gasteiger partial charge in [-0.05, 0) is 40.3 Å². The molecule has 0 aromatic heterocycles. The number of hydrogen-bond acceptors (Lipinski definition) is 3. The lowest BCUT2D eigenvalue weighted by molar-refractivity contribution is 0.414. The number of thiocarbonyl (C=S) groups is 1. The van der Waals surface area contributed by atoms with Gasteiger partial charge in [0.2, 0.25) is 0 Å². The van der Waals surface area contributed by atoms with Crippen molar-refractivity contribution in [2.75, 3.05) is 7.11 Å². The largest absolute Gasteiger partial charge is 0.496 e. The second-order valence-electron chi connectivity index (χ2n) is 2.71. The molecule has 0 radical (unpaired) electrons. The minimum atomic E-state index is 0.0846. The summed E-state index contributed by atoms with van der Waals surface area (Å²) in [5.41, 5.74) is 8.31. The number of nitrogens with zero attached hydrogens (tertiary/aromatic N) is 1. The molecule has 0 aliphatic carbocycles. The van der Waals surface area contributed by atoms with Crippen LogP contribution in [0.2, 0.25) is 5.02 Å². The molecule has 0 atom stereocenters. The Bertz CT molecular complexity index is 439. The molecule has 1 rings (SSSR count). The number of hydrogen-bond donors (Lipinski definition) is 2. The van der Waals surface area contributed by atoms with Gasteiger partial charge < -0.3 is 10.5 Å². The van der Waals surface area contributed by atoms with E-state index in [0.717, 1.165) is 4.47 Å². The van der Waals surface area contributed by atoms with Crippen molar-refractivity contribution in [1.29, 1.82) is 0 Å². The van der Waals surface area contributed by atoms with Crippen LogP contribution in [0.4, 0.5) is 0 Å². The van der Waals surface area contributed by atoms with Gasteiger partial charge in [0.05, 0.1) is 23.9 Å². The van der Waals surface area contributed by atoms with Crippen molar-refractivity contribution in [1.82, 2.24) is 5.43 Å². The van der Waals surface area contributed by atoms with E-state index in [9.17, 15) is 0 Å². The summed E-state index contributed by atoms with van der Waals surface area (Å²) in [5, 5.41) is 4.42. The second kappa shape index (κ2) is 6.03. The zero-order valence-electron chi connectivity index (χ0n) is 8.33. The van der Waals surface area contributed by atoms with Gasteiger partial charge in [-0.3, -0.25) is 5.43 Å². The molecule has 0 saturated carbocycles. The Labute approximate surface area is 112 Å². The quantitative estimate of drug-likeness (QED) is 0.509. The number of benzene rings is 1. The first-order valence-corrected chi connectivity index (χ1v) is 5.74. The van der Waals surface area contributed by atoms with Crippen LogP contribution >= 0.6 is 39.7 Å². The number of ether oxygens (including phenoxy) is 1. The van der Waals surface area contributed by atoms with Crippen molar-refractivity contribution in [2.24, 2.45) is 10.8 Å². The molecule has 4 nitrogen and oxygen atoms in total. The molecular weight excluding hydrogens is 314 g/mol. The monoisotopic (exact) mass is 321 g/mol. The zero-order valence-corrected chi connectivity index (χ0v) is 11.5. The van der Waals surface area contributed by atoms with Gasteiger partial charge in [-0.15, -0.1) is 0 Å². The van der Waals surface area contributed by atoms with Crippen molar-refractivity contribution in [3.63, 3.8) is 0 Å². The number of nitrogens with one attached hydrogen (secondary N) is 1. The van der Waals surface area contributed by atoms with E-state index >= 15 is 0 Å². The highest BCUT2D eigenvalue weighted by Crippen LogP contribution is 2.31. The summed E-state index contributed by atoms with van der Waals surface area (Å²) in [4.78, 5) is 0. The average Bonchev–Trinajstić information content (AvgIpc) is 2.24. The molecule has 0 amide bonds. The Balaban J connectivity index is 3.05. The van der Waals surface area contributed by atoms with Crippen molar-refractivity contribution < 1.29 is 4.74 Å². The molecule has 7 heteroatoms. The molecule has 0 unspecified atom stereocenters. The van der Waals surface area contributed by atoms with Gasteiger partial charge in [-0.2, -0.15) is 5.10 Å². The molecule has 1 aromatic rings. The lowest BCUT2D eigenvalue weighted by atomic mass is 10.2. The van der Waals surface area contributed by atoms with Gasteiger partial charge in [0.25, 0.3) is 0 Å². The summed E-state index contributed by atoms with van der Waals surface area (Å²) < 4.78 is 5.91. The fourth-order valence-electron chi connectivity index (χ4n) is 1.01. The highest BCUT2D eigenvalue weighted by Gasteiger charge is 2.08. The van der Waals surface area contributed by atoms with Gasteiger partial charge in [0.15, 0.2) is 5.11 Å². The number of methoxy groups -OCH3 is 1. The number of nitrogens with two attached hydrogens (primary N) is 1. The zero-order chi connectivity index (χ0) is 12.1. The maximum Gasteiger partial charge on any atom is 0.184 e. The fraction of sp³-hybridized carbons (Fsp3) is 0.111. The Hall–Kier alpha value is -0.850. The first-order chi connectivity index (χ1) is 7.56. The van der Waals surface area contributed by atoms with Gasteiger partial charge in [-0.1, -0.05) is 11.6 Å². The van der Waals surface area contributed by atoms with Crippen molar-refractivity contribution in [3.8, 4) is 5.75 Å². The van der Waals surface area contributed by atoms with Crippen LogP contribution in [0.25, 0.3) is 0 Å². The fourth-order valence-corrected chi connectivity index (χ4v) is 1.61. The molecule has 3 N–H and O–H groups in total. The smallest absolute Gasteiger partial charge is 0.184 e. The van der Waals surface area contributed by atoms with Crippen LogP contribution in [0.1, 0.15) is 5.56 Å². The van der Waals surface area contributed by atoms with Gasteiger partial charge in [-0.25, -0.2) is 0 Å². The highest BCUT2D eigenvalue weighted by atomic mass is 79.9. The van der Waals surface area contributed by atoms with Crippen LogP contribution in [0.5, 0.6) is 5.75 Å². The maximum atomic E-state index is 6.08. The summed E-state index contributed by atoms with van der Waals surface area (Å²) in [7, 11) is 1.55. The minimum Gasteiger partial charge on any atom is -0.496 e. The van der Waals surface area contributed by atoms with E-state index in [1.54, 1.807) is 19.2 Å². The molecule has 0 fully saturated rings. The van der Waals surface area contributed by atoms with Gasteiger partial charge in [0, 0.05) is 4.47 Å². The van der Waals surface area contributed by atoms with Crippen molar-refractivity contribution >= 4 is 51.1 Å². The Morgan fingerprint density at radius 2 is 2.38 bits per heavy atom. The standard InChI is InChI=1S/C9H9BrClN3OS/c1-15-7-3-2-6(10)8(11)5(7)4-13-14-9(12)16/h2-4H,1H3,(H3,12,14,16). The predicted molar refractivity (Wildman–Crippen MR) is 73.2 cm³/mol. The van der Waals surface area contributed by atoms with Gasteiger partial charge >= 0.3 is 0 Å². The van der Waals surface area contributed by atoms with E-state index in [1.807, 2.05) is 0 Å². The van der Waals surface area contributed by atoms with Crippen molar-refractivity contribution in [3.05, 3.63) is 27.2 Å². The minimum absolute atomic E-state index is 0.0846. The number of rotatable bonds is 3. The van der Waals surface area contributed by atoms with Crippen LogP contribution < -0.4 is 15.9 Å². The highest BCUT2D eigenvalue weighted by molar-refractivity contribution is 9.10. The number of halogens is 2. The lowest BCUT2D eigenvalue weighted by Crippen LogP contribution is -2.24. The van der Waals surface area contributed by atoms with Crippen molar-refractivity contribution in [2.45, 2.75) is 0 Å². The molecule has 0 heterocycles. The van der Waals surface area contributed by atoms with Crippen LogP contribution in [0.3, 0.4) is 0 Å². The first kappa shape index (κ1) is 13.2. The van der Waals surface area contributed by atoms with E-state index in [2.05, 4.69) is 38.7 Å². The van der Waals surface area contributed by atoms with E-state index in [-0.39, 0.29) is 5.11 Å². The third-order valence-electron chi connectivity index (χ3n) is 1.68. The predicted octanol–water partition coefficient (Wildman–Crippen LogP) is 2.28. The molecule has 0 aliphatic rings. The Morgan fingerprint density at radius 1 is 1.69 bits per heavy atom.